The van der Waals surface area contributed by atoms with Crippen LogP contribution in [0.3, 0.4) is 0 Å². The average Bonchev–Trinajstić information content (AvgIpc) is 2.33. The maximum absolute atomic E-state index is 5.98. The van der Waals surface area contributed by atoms with Crippen LogP contribution in [0.4, 0.5) is 11.5 Å². The van der Waals surface area contributed by atoms with Crippen LogP contribution in [0.15, 0.2) is 0 Å². The van der Waals surface area contributed by atoms with Crippen molar-refractivity contribution in [2.45, 2.75) is 33.2 Å². The predicted octanol–water partition coefficient (Wildman–Crippen LogP) is 1.47. The smallest absolute Gasteiger partial charge is 0.242 e. The lowest BCUT2D eigenvalue weighted by atomic mass is 10.3. The van der Waals surface area contributed by atoms with Crippen molar-refractivity contribution in [2.24, 2.45) is 0 Å². The number of nitrogens with two attached hydrogens (primary N) is 1. The van der Waals surface area contributed by atoms with Crippen molar-refractivity contribution in [3.8, 4) is 5.88 Å². The van der Waals surface area contributed by atoms with Crippen LogP contribution in [0, 0.1) is 0 Å². The van der Waals surface area contributed by atoms with Crippen LogP contribution in [0.25, 0.3) is 0 Å². The number of rotatable bonds is 7. The molecule has 1 heterocycles. The second-order valence-corrected chi connectivity index (χ2v) is 4.20. The first kappa shape index (κ1) is 14.5. The third-order valence-corrected chi connectivity index (χ3v) is 2.22. The van der Waals surface area contributed by atoms with Crippen molar-refractivity contribution in [2.75, 3.05) is 31.4 Å². The van der Waals surface area contributed by atoms with Gasteiger partial charge >= 0.3 is 0 Å². The summed E-state index contributed by atoms with van der Waals surface area (Å²) in [5, 5.41) is 3.19. The Morgan fingerprint density at radius 2 is 2.00 bits per heavy atom. The lowest BCUT2D eigenvalue weighted by Crippen LogP contribution is -2.16. The Bertz CT molecular complexity index is 383. The van der Waals surface area contributed by atoms with Crippen molar-refractivity contribution in [1.29, 1.82) is 0 Å². The van der Waals surface area contributed by atoms with Gasteiger partial charge in [-0.15, -0.1) is 0 Å². The second-order valence-electron chi connectivity index (χ2n) is 4.20. The minimum absolute atomic E-state index is 0.249. The highest BCUT2D eigenvalue weighted by molar-refractivity contribution is 5.67. The molecule has 18 heavy (non-hydrogen) atoms. The number of aryl methyl sites for hydroxylation is 1. The fraction of sp³-hybridized carbons (Fsp3) is 0.667. The van der Waals surface area contributed by atoms with E-state index in [9.17, 15) is 0 Å². The monoisotopic (exact) mass is 254 g/mol. The third-order valence-electron chi connectivity index (χ3n) is 2.22. The van der Waals surface area contributed by atoms with Crippen LogP contribution >= 0.6 is 0 Å². The van der Waals surface area contributed by atoms with Crippen LogP contribution in [0.2, 0.25) is 0 Å². The lowest BCUT2D eigenvalue weighted by molar-refractivity contribution is 0.144. The molecule has 0 saturated heterocycles. The molecule has 1 rings (SSSR count). The molecule has 1 aromatic rings. The summed E-state index contributed by atoms with van der Waals surface area (Å²) < 4.78 is 10.4. The number of aromatic nitrogens is 2. The molecule has 0 aliphatic carbocycles. The molecule has 6 nitrogen and oxygen atoms in total. The van der Waals surface area contributed by atoms with Gasteiger partial charge in [0.2, 0.25) is 5.88 Å². The van der Waals surface area contributed by atoms with E-state index in [4.69, 9.17) is 15.2 Å². The van der Waals surface area contributed by atoms with Crippen molar-refractivity contribution >= 4 is 11.5 Å². The molecule has 3 N–H and O–H groups in total. The van der Waals surface area contributed by atoms with Gasteiger partial charge in [0.05, 0.1) is 6.61 Å². The van der Waals surface area contributed by atoms with Crippen molar-refractivity contribution in [1.82, 2.24) is 9.97 Å². The summed E-state index contributed by atoms with van der Waals surface area (Å²) in [7, 11) is 1.62. The molecule has 0 saturated carbocycles. The van der Waals surface area contributed by atoms with Gasteiger partial charge in [-0.25, -0.2) is 4.98 Å². The van der Waals surface area contributed by atoms with Gasteiger partial charge in [0.15, 0.2) is 5.82 Å². The molecule has 102 valence electrons. The van der Waals surface area contributed by atoms with E-state index in [0.717, 1.165) is 6.42 Å². The SMILES string of the molecule is CCc1nc(NC(C)C)c(N)c(OCCOC)n1. The fourth-order valence-corrected chi connectivity index (χ4v) is 1.37. The highest BCUT2D eigenvalue weighted by Crippen LogP contribution is 2.26. The molecule has 0 aromatic carbocycles. The summed E-state index contributed by atoms with van der Waals surface area (Å²) in [6.07, 6.45) is 0.730. The minimum atomic E-state index is 0.249. The highest BCUT2D eigenvalue weighted by atomic mass is 16.5. The molecule has 6 heteroatoms. The van der Waals surface area contributed by atoms with Crippen LogP contribution in [-0.2, 0) is 11.2 Å². The van der Waals surface area contributed by atoms with Crippen LogP contribution in [0.5, 0.6) is 5.88 Å². The van der Waals surface area contributed by atoms with E-state index >= 15 is 0 Å². The summed E-state index contributed by atoms with van der Waals surface area (Å²) in [5.74, 6) is 1.76. The van der Waals surface area contributed by atoms with Crippen molar-refractivity contribution in [3.05, 3.63) is 5.82 Å². The molecule has 0 bridgehead atoms. The molecule has 0 spiro atoms. The number of nitrogens with zero attached hydrogens (tertiary/aromatic N) is 2. The zero-order valence-corrected chi connectivity index (χ0v) is 11.5. The molecule has 1 aromatic heterocycles. The second kappa shape index (κ2) is 7.00. The Balaban J connectivity index is 2.93. The Morgan fingerprint density at radius 3 is 2.56 bits per heavy atom. The quantitative estimate of drug-likeness (QED) is 0.717. The van der Waals surface area contributed by atoms with Crippen molar-refractivity contribution < 1.29 is 9.47 Å². The summed E-state index contributed by atoms with van der Waals surface area (Å²) in [4.78, 5) is 8.64. The van der Waals surface area contributed by atoms with E-state index in [1.54, 1.807) is 7.11 Å². The van der Waals surface area contributed by atoms with Gasteiger partial charge in [0.25, 0.3) is 0 Å². The van der Waals surface area contributed by atoms with Crippen LogP contribution in [0.1, 0.15) is 26.6 Å². The van der Waals surface area contributed by atoms with Gasteiger partial charge < -0.3 is 20.5 Å². The molecule has 0 aliphatic rings. The van der Waals surface area contributed by atoms with E-state index in [1.165, 1.54) is 0 Å². The molecule has 0 fully saturated rings. The maximum Gasteiger partial charge on any atom is 0.242 e. The molecule has 0 aliphatic heterocycles. The first-order valence-corrected chi connectivity index (χ1v) is 6.13. The fourth-order valence-electron chi connectivity index (χ4n) is 1.37. The number of hydrogen-bond donors (Lipinski definition) is 2. The van der Waals surface area contributed by atoms with Gasteiger partial charge in [-0.2, -0.15) is 4.98 Å². The third kappa shape index (κ3) is 4.03. The van der Waals surface area contributed by atoms with E-state index in [1.807, 2.05) is 20.8 Å². The number of ether oxygens (including phenoxy) is 2. The average molecular weight is 254 g/mol. The van der Waals surface area contributed by atoms with Gasteiger partial charge in [-0.3, -0.25) is 0 Å². The van der Waals surface area contributed by atoms with E-state index < -0.39 is 0 Å². The normalized spacial score (nSPS) is 10.7. The minimum Gasteiger partial charge on any atom is -0.474 e. The van der Waals surface area contributed by atoms with E-state index in [-0.39, 0.29) is 6.04 Å². The first-order valence-electron chi connectivity index (χ1n) is 6.13. The molecular formula is C12H22N4O2. The van der Waals surface area contributed by atoms with Crippen LogP contribution < -0.4 is 15.8 Å². The largest absolute Gasteiger partial charge is 0.474 e. The van der Waals surface area contributed by atoms with Gasteiger partial charge in [0, 0.05) is 19.6 Å². The summed E-state index contributed by atoms with van der Waals surface area (Å²) in [6, 6.07) is 0.249. The molecule has 0 atom stereocenters. The summed E-state index contributed by atoms with van der Waals surface area (Å²) in [6.45, 7) is 6.96. The Hall–Kier alpha value is -1.56. The number of nitrogens with one attached hydrogen (secondary N) is 1. The van der Waals surface area contributed by atoms with Gasteiger partial charge in [-0.05, 0) is 13.8 Å². The topological polar surface area (TPSA) is 82.3 Å². The summed E-state index contributed by atoms with van der Waals surface area (Å²) in [5.41, 5.74) is 6.43. The number of anilines is 2. The van der Waals surface area contributed by atoms with Gasteiger partial charge in [-0.1, -0.05) is 6.92 Å². The number of nitrogen functional groups attached to an aromatic ring is 1. The highest BCUT2D eigenvalue weighted by Gasteiger charge is 2.13. The van der Waals surface area contributed by atoms with Crippen LogP contribution in [-0.4, -0.2) is 36.3 Å². The predicted molar refractivity (Wildman–Crippen MR) is 72.0 cm³/mol. The standard InChI is InChI=1S/C12H22N4O2/c1-5-9-15-11(14-8(2)3)10(13)12(16-9)18-7-6-17-4/h8H,5-7,13H2,1-4H3,(H,14,15,16). The molecule has 0 radical (unpaired) electrons. The zero-order chi connectivity index (χ0) is 13.5. The molecular weight excluding hydrogens is 232 g/mol. The maximum atomic E-state index is 5.98. The Kier molecular flexibility index (Phi) is 5.64. The summed E-state index contributed by atoms with van der Waals surface area (Å²) >= 11 is 0. The molecule has 0 amide bonds. The Labute approximate surface area is 108 Å². The van der Waals surface area contributed by atoms with E-state index in [0.29, 0.717) is 36.4 Å². The number of hydrogen-bond acceptors (Lipinski definition) is 6. The first-order chi connectivity index (χ1) is 8.58. The van der Waals surface area contributed by atoms with Gasteiger partial charge in [0.1, 0.15) is 18.1 Å². The van der Waals surface area contributed by atoms with Crippen molar-refractivity contribution in [3.63, 3.8) is 0 Å². The zero-order valence-electron chi connectivity index (χ0n) is 11.5. The lowest BCUT2D eigenvalue weighted by Gasteiger charge is -2.15. The Morgan fingerprint density at radius 1 is 1.28 bits per heavy atom. The van der Waals surface area contributed by atoms with E-state index in [2.05, 4.69) is 15.3 Å². The number of methoxy groups -OCH3 is 1. The molecule has 0 unspecified atom stereocenters.